The molecule has 1 unspecified atom stereocenters. The van der Waals surface area contributed by atoms with Gasteiger partial charge in [0.1, 0.15) is 12.4 Å². The second kappa shape index (κ2) is 8.00. The van der Waals surface area contributed by atoms with E-state index in [4.69, 9.17) is 9.47 Å². The summed E-state index contributed by atoms with van der Waals surface area (Å²) in [4.78, 5) is 11.9. The lowest BCUT2D eigenvalue weighted by molar-refractivity contribution is -0.128. The van der Waals surface area contributed by atoms with Crippen LogP contribution in [0.5, 0.6) is 5.75 Å². The molecular formula is C16H24N2O3. The fraction of sp³-hybridized carbons (Fsp3) is 0.562. The minimum absolute atomic E-state index is 0.0655. The second-order valence-electron chi connectivity index (χ2n) is 5.33. The Labute approximate surface area is 126 Å². The molecule has 21 heavy (non-hydrogen) atoms. The zero-order valence-electron chi connectivity index (χ0n) is 12.7. The number of hydrogen-bond donors (Lipinski definition) is 2. The SMILES string of the molecule is COc1cccc(C(C)NC(=O)COC2CCNCC2)c1. The standard InChI is InChI=1S/C16H24N2O3/c1-12(13-4-3-5-15(10-13)20-2)18-16(19)11-21-14-6-8-17-9-7-14/h3-5,10,12,14,17H,6-9,11H2,1-2H3,(H,18,19). The molecular weight excluding hydrogens is 268 g/mol. The topological polar surface area (TPSA) is 59.6 Å². The van der Waals surface area contributed by atoms with Crippen LogP contribution in [0.4, 0.5) is 0 Å². The Morgan fingerprint density at radius 2 is 2.19 bits per heavy atom. The summed E-state index contributed by atoms with van der Waals surface area (Å²) in [7, 11) is 1.63. The van der Waals surface area contributed by atoms with E-state index in [0.717, 1.165) is 37.2 Å². The Balaban J connectivity index is 1.78. The third kappa shape index (κ3) is 5.02. The number of ether oxygens (including phenoxy) is 2. The van der Waals surface area contributed by atoms with Crippen molar-refractivity contribution in [1.29, 1.82) is 0 Å². The highest BCUT2D eigenvalue weighted by Gasteiger charge is 2.16. The number of amides is 1. The molecule has 0 radical (unpaired) electrons. The molecule has 1 aromatic carbocycles. The van der Waals surface area contributed by atoms with Gasteiger partial charge < -0.3 is 20.1 Å². The minimum atomic E-state index is -0.0798. The van der Waals surface area contributed by atoms with Gasteiger partial charge in [0.15, 0.2) is 0 Å². The van der Waals surface area contributed by atoms with Gasteiger partial charge in [-0.2, -0.15) is 0 Å². The molecule has 2 N–H and O–H groups in total. The maximum absolute atomic E-state index is 11.9. The highest BCUT2D eigenvalue weighted by Crippen LogP contribution is 2.18. The van der Waals surface area contributed by atoms with Crippen molar-refractivity contribution in [2.24, 2.45) is 0 Å². The van der Waals surface area contributed by atoms with Gasteiger partial charge in [-0.25, -0.2) is 0 Å². The van der Waals surface area contributed by atoms with E-state index in [-0.39, 0.29) is 24.7 Å². The summed E-state index contributed by atoms with van der Waals surface area (Å²) in [6.07, 6.45) is 2.14. The molecule has 5 nitrogen and oxygen atoms in total. The van der Waals surface area contributed by atoms with E-state index >= 15 is 0 Å². The third-order valence-electron chi connectivity index (χ3n) is 3.71. The lowest BCUT2D eigenvalue weighted by atomic mass is 10.1. The summed E-state index contributed by atoms with van der Waals surface area (Å²) >= 11 is 0. The fourth-order valence-electron chi connectivity index (χ4n) is 2.43. The van der Waals surface area contributed by atoms with E-state index in [1.54, 1.807) is 7.11 Å². The first-order valence-electron chi connectivity index (χ1n) is 7.44. The van der Waals surface area contributed by atoms with Gasteiger partial charge in [-0.15, -0.1) is 0 Å². The van der Waals surface area contributed by atoms with Crippen LogP contribution in [0.15, 0.2) is 24.3 Å². The summed E-state index contributed by atoms with van der Waals surface area (Å²) in [5, 5.41) is 6.23. The quantitative estimate of drug-likeness (QED) is 0.837. The molecule has 0 aliphatic carbocycles. The van der Waals surface area contributed by atoms with Crippen LogP contribution in [-0.2, 0) is 9.53 Å². The van der Waals surface area contributed by atoms with Crippen molar-refractivity contribution in [2.75, 3.05) is 26.8 Å². The molecule has 0 spiro atoms. The summed E-state index contributed by atoms with van der Waals surface area (Å²) in [5.74, 6) is 0.711. The van der Waals surface area contributed by atoms with Gasteiger partial charge in [0.25, 0.3) is 0 Å². The van der Waals surface area contributed by atoms with E-state index in [1.165, 1.54) is 0 Å². The predicted molar refractivity (Wildman–Crippen MR) is 81.4 cm³/mol. The van der Waals surface area contributed by atoms with Gasteiger partial charge in [0.2, 0.25) is 5.91 Å². The van der Waals surface area contributed by atoms with Gasteiger partial charge >= 0.3 is 0 Å². The Morgan fingerprint density at radius 1 is 1.43 bits per heavy atom. The molecule has 1 saturated heterocycles. The summed E-state index contributed by atoms with van der Waals surface area (Å²) in [6, 6.07) is 7.64. The number of carbonyl (C=O) groups is 1. The van der Waals surface area contributed by atoms with Crippen molar-refractivity contribution in [2.45, 2.75) is 31.9 Å². The van der Waals surface area contributed by atoms with E-state index in [9.17, 15) is 4.79 Å². The van der Waals surface area contributed by atoms with Crippen LogP contribution in [-0.4, -0.2) is 38.8 Å². The lowest BCUT2D eigenvalue weighted by Gasteiger charge is -2.23. The van der Waals surface area contributed by atoms with Crippen LogP contribution in [0, 0.1) is 0 Å². The van der Waals surface area contributed by atoms with Crippen molar-refractivity contribution < 1.29 is 14.3 Å². The smallest absolute Gasteiger partial charge is 0.246 e. The summed E-state index contributed by atoms with van der Waals surface area (Å²) in [6.45, 7) is 4.01. The molecule has 0 bridgehead atoms. The van der Waals surface area contributed by atoms with Gasteiger partial charge in [0.05, 0.1) is 19.3 Å². The van der Waals surface area contributed by atoms with Gasteiger partial charge in [-0.3, -0.25) is 4.79 Å². The molecule has 1 heterocycles. The highest BCUT2D eigenvalue weighted by atomic mass is 16.5. The first-order chi connectivity index (χ1) is 10.2. The number of benzene rings is 1. The second-order valence-corrected chi connectivity index (χ2v) is 5.33. The van der Waals surface area contributed by atoms with Crippen molar-refractivity contribution in [1.82, 2.24) is 10.6 Å². The minimum Gasteiger partial charge on any atom is -0.497 e. The summed E-state index contributed by atoms with van der Waals surface area (Å²) < 4.78 is 10.8. The Hall–Kier alpha value is -1.59. The molecule has 0 aromatic heterocycles. The normalized spacial score (nSPS) is 17.2. The monoisotopic (exact) mass is 292 g/mol. The van der Waals surface area contributed by atoms with Crippen molar-refractivity contribution >= 4 is 5.91 Å². The zero-order valence-corrected chi connectivity index (χ0v) is 12.7. The Kier molecular flexibility index (Phi) is 6.02. The molecule has 116 valence electrons. The van der Waals surface area contributed by atoms with E-state index in [0.29, 0.717) is 0 Å². The largest absolute Gasteiger partial charge is 0.497 e. The molecule has 2 rings (SSSR count). The number of methoxy groups -OCH3 is 1. The molecule has 0 saturated carbocycles. The predicted octanol–water partition coefficient (Wildman–Crippen LogP) is 1.64. The summed E-state index contributed by atoms with van der Waals surface area (Å²) in [5.41, 5.74) is 1.02. The molecule has 1 atom stereocenters. The van der Waals surface area contributed by atoms with Gasteiger partial charge in [-0.05, 0) is 50.6 Å². The van der Waals surface area contributed by atoms with Crippen molar-refractivity contribution in [3.63, 3.8) is 0 Å². The molecule has 1 fully saturated rings. The number of carbonyl (C=O) groups excluding carboxylic acids is 1. The van der Waals surface area contributed by atoms with Crippen LogP contribution in [0.25, 0.3) is 0 Å². The molecule has 1 aromatic rings. The average molecular weight is 292 g/mol. The Morgan fingerprint density at radius 3 is 2.90 bits per heavy atom. The van der Waals surface area contributed by atoms with Crippen LogP contribution in [0.2, 0.25) is 0 Å². The number of rotatable bonds is 6. The van der Waals surface area contributed by atoms with Crippen LogP contribution < -0.4 is 15.4 Å². The van der Waals surface area contributed by atoms with Gasteiger partial charge in [-0.1, -0.05) is 12.1 Å². The number of nitrogens with one attached hydrogen (secondary N) is 2. The van der Waals surface area contributed by atoms with Crippen LogP contribution in [0.1, 0.15) is 31.4 Å². The third-order valence-corrected chi connectivity index (χ3v) is 3.71. The fourth-order valence-corrected chi connectivity index (χ4v) is 2.43. The first-order valence-corrected chi connectivity index (χ1v) is 7.44. The maximum atomic E-state index is 11.9. The lowest BCUT2D eigenvalue weighted by Crippen LogP contribution is -2.36. The van der Waals surface area contributed by atoms with E-state index in [2.05, 4.69) is 10.6 Å². The van der Waals surface area contributed by atoms with Gasteiger partial charge in [0, 0.05) is 0 Å². The highest BCUT2D eigenvalue weighted by molar-refractivity contribution is 5.77. The molecule has 5 heteroatoms. The molecule has 1 aliphatic heterocycles. The molecule has 1 amide bonds. The number of piperidine rings is 1. The van der Waals surface area contributed by atoms with Crippen LogP contribution in [0.3, 0.4) is 0 Å². The van der Waals surface area contributed by atoms with E-state index in [1.807, 2.05) is 31.2 Å². The Bertz CT molecular complexity index is 459. The first kappa shape index (κ1) is 15.8. The average Bonchev–Trinajstić information content (AvgIpc) is 2.54. The van der Waals surface area contributed by atoms with E-state index < -0.39 is 0 Å². The number of hydrogen-bond acceptors (Lipinski definition) is 4. The molecule has 1 aliphatic rings. The maximum Gasteiger partial charge on any atom is 0.246 e. The van der Waals surface area contributed by atoms with Crippen molar-refractivity contribution in [3.8, 4) is 5.75 Å². The van der Waals surface area contributed by atoms with Crippen molar-refractivity contribution in [3.05, 3.63) is 29.8 Å². The van der Waals surface area contributed by atoms with Crippen LogP contribution >= 0.6 is 0 Å². The zero-order chi connectivity index (χ0) is 15.1.